The minimum atomic E-state index is -0.357. The molecule has 7 nitrogen and oxygen atoms in total. The van der Waals surface area contributed by atoms with E-state index >= 15 is 0 Å². The molecule has 1 aliphatic carbocycles. The van der Waals surface area contributed by atoms with Gasteiger partial charge in [0.2, 0.25) is 5.82 Å². The molecule has 1 heterocycles. The molecule has 1 saturated carbocycles. The third kappa shape index (κ3) is 2.56. The molecule has 1 aliphatic rings. The molecule has 0 bridgehead atoms. The number of aryl methyl sites for hydroxylation is 1. The van der Waals surface area contributed by atoms with Gasteiger partial charge in [-0.2, -0.15) is 5.10 Å². The monoisotopic (exact) mass is 268 g/mol. The SMILES string of the molecule is CC(C)c1nn(C)c(N(CCO)C2CC2)c1[N+](=O)[O-]. The topological polar surface area (TPSA) is 84.4 Å². The Bertz CT molecular complexity index is 480. The van der Waals surface area contributed by atoms with Crippen molar-refractivity contribution < 1.29 is 10.0 Å². The number of anilines is 1. The maximum absolute atomic E-state index is 11.4. The van der Waals surface area contributed by atoms with Crippen molar-refractivity contribution >= 4 is 11.5 Å². The lowest BCUT2D eigenvalue weighted by molar-refractivity contribution is -0.385. The Morgan fingerprint density at radius 3 is 2.63 bits per heavy atom. The van der Waals surface area contributed by atoms with Gasteiger partial charge in [0.25, 0.3) is 0 Å². The van der Waals surface area contributed by atoms with Crippen molar-refractivity contribution in [2.45, 2.75) is 38.6 Å². The Hall–Kier alpha value is -1.63. The third-order valence-electron chi connectivity index (χ3n) is 3.35. The van der Waals surface area contributed by atoms with E-state index in [4.69, 9.17) is 5.11 Å². The van der Waals surface area contributed by atoms with E-state index in [0.29, 0.717) is 24.1 Å². The van der Waals surface area contributed by atoms with E-state index in [1.54, 1.807) is 11.7 Å². The van der Waals surface area contributed by atoms with Gasteiger partial charge in [0.05, 0.1) is 11.5 Å². The van der Waals surface area contributed by atoms with Gasteiger partial charge in [-0.3, -0.25) is 10.1 Å². The molecular formula is C12H20N4O3. The van der Waals surface area contributed by atoms with E-state index in [1.165, 1.54) is 0 Å². The molecule has 0 unspecified atom stereocenters. The molecule has 19 heavy (non-hydrogen) atoms. The smallest absolute Gasteiger partial charge is 0.334 e. The Kier molecular flexibility index (Phi) is 3.75. The fourth-order valence-electron chi connectivity index (χ4n) is 2.37. The van der Waals surface area contributed by atoms with Gasteiger partial charge in [-0.05, 0) is 12.8 Å². The lowest BCUT2D eigenvalue weighted by Gasteiger charge is -2.22. The number of aromatic nitrogens is 2. The molecule has 0 aromatic carbocycles. The molecule has 7 heteroatoms. The predicted octanol–water partition coefficient (Wildman–Crippen LogP) is 1.41. The van der Waals surface area contributed by atoms with Crippen LogP contribution in [0.25, 0.3) is 0 Å². The molecule has 1 aromatic rings. The van der Waals surface area contributed by atoms with Gasteiger partial charge in [-0.25, -0.2) is 4.68 Å². The van der Waals surface area contributed by atoms with Gasteiger partial charge in [0, 0.05) is 25.6 Å². The van der Waals surface area contributed by atoms with Crippen molar-refractivity contribution in [1.29, 1.82) is 0 Å². The maximum Gasteiger partial charge on any atom is 0.334 e. The van der Waals surface area contributed by atoms with Gasteiger partial charge in [-0.15, -0.1) is 0 Å². The zero-order chi connectivity index (χ0) is 14.2. The number of aliphatic hydroxyl groups excluding tert-OH is 1. The van der Waals surface area contributed by atoms with Crippen molar-refractivity contribution in [3.63, 3.8) is 0 Å². The summed E-state index contributed by atoms with van der Waals surface area (Å²) in [5.41, 5.74) is 0.587. The fraction of sp³-hybridized carbons (Fsp3) is 0.750. The highest BCUT2D eigenvalue weighted by molar-refractivity contribution is 5.63. The van der Waals surface area contributed by atoms with Crippen LogP contribution in [0.4, 0.5) is 11.5 Å². The molecule has 2 rings (SSSR count). The van der Waals surface area contributed by atoms with E-state index in [1.807, 2.05) is 18.7 Å². The average Bonchev–Trinajstić information content (AvgIpc) is 3.09. The largest absolute Gasteiger partial charge is 0.395 e. The van der Waals surface area contributed by atoms with Gasteiger partial charge >= 0.3 is 5.69 Å². The van der Waals surface area contributed by atoms with E-state index in [-0.39, 0.29) is 23.1 Å². The van der Waals surface area contributed by atoms with Crippen molar-refractivity contribution in [3.8, 4) is 0 Å². The molecule has 0 aliphatic heterocycles. The minimum Gasteiger partial charge on any atom is -0.395 e. The Balaban J connectivity index is 2.50. The van der Waals surface area contributed by atoms with Crippen LogP contribution in [0.3, 0.4) is 0 Å². The summed E-state index contributed by atoms with van der Waals surface area (Å²) in [6.07, 6.45) is 2.03. The molecular weight excluding hydrogens is 248 g/mol. The molecule has 0 atom stereocenters. The molecule has 0 saturated heterocycles. The molecule has 1 aromatic heterocycles. The minimum absolute atomic E-state index is 0.00414. The average molecular weight is 268 g/mol. The van der Waals surface area contributed by atoms with Crippen LogP contribution in [0.5, 0.6) is 0 Å². The summed E-state index contributed by atoms with van der Waals surface area (Å²) in [6.45, 7) is 4.18. The van der Waals surface area contributed by atoms with E-state index in [0.717, 1.165) is 12.8 Å². The second kappa shape index (κ2) is 5.16. The van der Waals surface area contributed by atoms with Crippen LogP contribution in [0.2, 0.25) is 0 Å². The summed E-state index contributed by atoms with van der Waals surface area (Å²) in [5, 5.41) is 24.8. The van der Waals surface area contributed by atoms with Crippen LogP contribution in [0, 0.1) is 10.1 Å². The van der Waals surface area contributed by atoms with Crippen LogP contribution in [-0.2, 0) is 7.05 Å². The van der Waals surface area contributed by atoms with Crippen LogP contribution in [0.15, 0.2) is 0 Å². The molecule has 0 amide bonds. The summed E-state index contributed by atoms with van der Waals surface area (Å²) >= 11 is 0. The lowest BCUT2D eigenvalue weighted by atomic mass is 10.1. The van der Waals surface area contributed by atoms with Gasteiger partial charge in [0.1, 0.15) is 5.69 Å². The van der Waals surface area contributed by atoms with Gasteiger partial charge in [-0.1, -0.05) is 13.8 Å². The van der Waals surface area contributed by atoms with E-state index < -0.39 is 0 Å². The number of nitro groups is 1. The Morgan fingerprint density at radius 1 is 1.58 bits per heavy atom. The number of nitrogens with zero attached hydrogens (tertiary/aromatic N) is 4. The number of hydrogen-bond donors (Lipinski definition) is 1. The zero-order valence-electron chi connectivity index (χ0n) is 11.5. The second-order valence-corrected chi connectivity index (χ2v) is 5.24. The highest BCUT2D eigenvalue weighted by Gasteiger charge is 2.38. The first-order valence-electron chi connectivity index (χ1n) is 6.56. The van der Waals surface area contributed by atoms with E-state index in [2.05, 4.69) is 5.10 Å². The van der Waals surface area contributed by atoms with Crippen molar-refractivity contribution in [3.05, 3.63) is 15.8 Å². The van der Waals surface area contributed by atoms with Crippen LogP contribution in [-0.4, -0.2) is 39.0 Å². The summed E-state index contributed by atoms with van der Waals surface area (Å²) in [4.78, 5) is 12.9. The van der Waals surface area contributed by atoms with Crippen molar-refractivity contribution in [1.82, 2.24) is 9.78 Å². The summed E-state index contributed by atoms with van der Waals surface area (Å²) < 4.78 is 1.57. The fourth-order valence-corrected chi connectivity index (χ4v) is 2.37. The van der Waals surface area contributed by atoms with Crippen molar-refractivity contribution in [2.24, 2.45) is 7.05 Å². The zero-order valence-corrected chi connectivity index (χ0v) is 11.5. The highest BCUT2D eigenvalue weighted by atomic mass is 16.6. The molecule has 1 fully saturated rings. The number of aliphatic hydroxyl groups is 1. The lowest BCUT2D eigenvalue weighted by Crippen LogP contribution is -2.31. The van der Waals surface area contributed by atoms with Crippen LogP contribution in [0.1, 0.15) is 38.3 Å². The number of hydrogen-bond acceptors (Lipinski definition) is 5. The molecule has 106 valence electrons. The predicted molar refractivity (Wildman–Crippen MR) is 71.4 cm³/mol. The van der Waals surface area contributed by atoms with Crippen molar-refractivity contribution in [2.75, 3.05) is 18.1 Å². The summed E-state index contributed by atoms with van der Waals surface area (Å²) in [5.74, 6) is 0.515. The first-order valence-corrected chi connectivity index (χ1v) is 6.56. The van der Waals surface area contributed by atoms with Gasteiger partial charge in [0.15, 0.2) is 0 Å². The van der Waals surface area contributed by atoms with Crippen LogP contribution >= 0.6 is 0 Å². The quantitative estimate of drug-likeness (QED) is 0.623. The Morgan fingerprint density at radius 2 is 2.21 bits per heavy atom. The Labute approximate surface area is 112 Å². The number of rotatable bonds is 6. The molecule has 0 spiro atoms. The van der Waals surface area contributed by atoms with E-state index in [9.17, 15) is 10.1 Å². The summed E-state index contributed by atoms with van der Waals surface area (Å²) in [7, 11) is 1.72. The normalized spacial score (nSPS) is 15.0. The van der Waals surface area contributed by atoms with Crippen LogP contribution < -0.4 is 4.90 Å². The first-order chi connectivity index (χ1) is 8.97. The summed E-state index contributed by atoms with van der Waals surface area (Å²) in [6, 6.07) is 0.293. The molecule has 0 radical (unpaired) electrons. The standard InChI is InChI=1S/C12H20N4O3/c1-8(2)10-11(16(18)19)12(14(3)13-10)15(6-7-17)9-4-5-9/h8-9,17H,4-7H2,1-3H3. The highest BCUT2D eigenvalue weighted by Crippen LogP contribution is 2.40. The molecule has 1 N–H and O–H groups in total. The third-order valence-corrected chi connectivity index (χ3v) is 3.35. The van der Waals surface area contributed by atoms with Gasteiger partial charge < -0.3 is 10.0 Å². The first kappa shape index (κ1) is 13.8. The second-order valence-electron chi connectivity index (χ2n) is 5.24. The maximum atomic E-state index is 11.4.